The van der Waals surface area contributed by atoms with E-state index in [1.165, 1.54) is 16.9 Å². The van der Waals surface area contributed by atoms with Crippen molar-refractivity contribution in [3.63, 3.8) is 0 Å². The van der Waals surface area contributed by atoms with Gasteiger partial charge in [-0.3, -0.25) is 5.32 Å². The summed E-state index contributed by atoms with van der Waals surface area (Å²) in [4.78, 5) is 11.6. The van der Waals surface area contributed by atoms with Crippen LogP contribution in [0.1, 0.15) is 11.1 Å². The second-order valence-electron chi connectivity index (χ2n) is 7.01. The summed E-state index contributed by atoms with van der Waals surface area (Å²) in [5.41, 5.74) is -7.47. The van der Waals surface area contributed by atoms with Crippen molar-refractivity contribution in [2.75, 3.05) is 12.4 Å². The van der Waals surface area contributed by atoms with E-state index < -0.39 is 41.8 Å². The number of aromatic nitrogens is 2. The zero-order chi connectivity index (χ0) is 26.0. The Morgan fingerprint density at radius 1 is 1.00 bits per heavy atom. The van der Waals surface area contributed by atoms with Gasteiger partial charge in [-0.15, -0.1) is 5.10 Å². The van der Waals surface area contributed by atoms with Crippen LogP contribution in [0.4, 0.5) is 41.2 Å². The second kappa shape index (κ2) is 9.64. The molecule has 0 saturated heterocycles. The van der Waals surface area contributed by atoms with Gasteiger partial charge < -0.3 is 9.47 Å². The summed E-state index contributed by atoms with van der Waals surface area (Å²) in [7, 11) is 0.989. The lowest BCUT2D eigenvalue weighted by molar-refractivity contribution is -0.348. The molecule has 0 fully saturated rings. The predicted octanol–water partition coefficient (Wildman–Crippen LogP) is 6.57. The number of anilines is 1. The van der Waals surface area contributed by atoms with E-state index in [0.717, 1.165) is 7.11 Å². The maximum Gasteiger partial charge on any atom is 0.435 e. The molecule has 2 aromatic carbocycles. The molecule has 1 N–H and O–H groups in total. The van der Waals surface area contributed by atoms with Gasteiger partial charge >= 0.3 is 24.1 Å². The van der Waals surface area contributed by atoms with Gasteiger partial charge in [-0.05, 0) is 36.4 Å². The number of alkyl halides is 7. The van der Waals surface area contributed by atoms with Gasteiger partial charge in [0.15, 0.2) is 0 Å². The van der Waals surface area contributed by atoms with E-state index in [9.17, 15) is 35.5 Å². The van der Waals surface area contributed by atoms with Crippen LogP contribution in [0.2, 0.25) is 5.02 Å². The summed E-state index contributed by atoms with van der Waals surface area (Å²) >= 11 is 5.82. The topological polar surface area (TPSA) is 65.4 Å². The predicted molar refractivity (Wildman–Crippen MR) is 110 cm³/mol. The maximum atomic E-state index is 14.5. The van der Waals surface area contributed by atoms with Crippen molar-refractivity contribution < 1.29 is 45.0 Å². The van der Waals surface area contributed by atoms with Crippen molar-refractivity contribution in [1.29, 1.82) is 0 Å². The molecule has 0 unspecified atom stereocenters. The summed E-state index contributed by atoms with van der Waals surface area (Å²) in [6.07, 6.45) is -12.2. The number of methoxy groups -OCH3 is 1. The lowest BCUT2D eigenvalue weighted by Crippen LogP contribution is -2.50. The van der Waals surface area contributed by atoms with Gasteiger partial charge in [0.25, 0.3) is 0 Å². The number of carbonyl (C=O) groups excluding carboxylic acids is 1. The number of hydrogen-bond donors (Lipinski definition) is 1. The molecule has 1 amide bonds. The lowest BCUT2D eigenvalue weighted by atomic mass is 9.92. The van der Waals surface area contributed by atoms with Crippen LogP contribution in [0.5, 0.6) is 5.88 Å². The summed E-state index contributed by atoms with van der Waals surface area (Å²) in [6, 6.07) is 9.10. The first-order chi connectivity index (χ1) is 16.3. The fraction of sp³-hybridized carbons (Fsp3) is 0.238. The van der Waals surface area contributed by atoms with Crippen molar-refractivity contribution >= 4 is 23.4 Å². The molecule has 6 nitrogen and oxygen atoms in total. The second-order valence-corrected chi connectivity index (χ2v) is 7.44. The van der Waals surface area contributed by atoms with E-state index in [-0.39, 0.29) is 17.6 Å². The Kier molecular flexibility index (Phi) is 7.20. The Labute approximate surface area is 198 Å². The Morgan fingerprint density at radius 3 is 2.20 bits per heavy atom. The van der Waals surface area contributed by atoms with Crippen LogP contribution in [0.25, 0.3) is 5.69 Å². The number of carbonyl (C=O) groups is 1. The highest BCUT2D eigenvalue weighted by atomic mass is 35.5. The highest BCUT2D eigenvalue weighted by molar-refractivity contribution is 6.30. The van der Waals surface area contributed by atoms with Crippen molar-refractivity contribution in [2.24, 2.45) is 0 Å². The third-order valence-electron chi connectivity index (χ3n) is 4.74. The first-order valence-electron chi connectivity index (χ1n) is 9.51. The SMILES string of the molecule is COC(=O)Nc1ccc(C(F)(C(F)(F)F)C(F)(F)F)cc1COc1ccn(-c2ccc(Cl)cc2)n1. The van der Waals surface area contributed by atoms with Crippen molar-refractivity contribution in [3.8, 4) is 11.6 Å². The van der Waals surface area contributed by atoms with Gasteiger partial charge in [-0.1, -0.05) is 17.7 Å². The summed E-state index contributed by atoms with van der Waals surface area (Å²) in [5, 5.41) is 6.69. The molecule has 188 valence electrons. The molecule has 1 aromatic heterocycles. The van der Waals surface area contributed by atoms with Crippen LogP contribution in [0.15, 0.2) is 54.7 Å². The molecule has 1 heterocycles. The van der Waals surface area contributed by atoms with Gasteiger partial charge in [0.2, 0.25) is 5.88 Å². The minimum atomic E-state index is -6.31. The Balaban J connectivity index is 1.94. The number of ether oxygens (including phenoxy) is 2. The smallest absolute Gasteiger partial charge is 0.435 e. The largest absolute Gasteiger partial charge is 0.472 e. The number of halogens is 8. The first kappa shape index (κ1) is 26.1. The van der Waals surface area contributed by atoms with Gasteiger partial charge in [0.05, 0.1) is 18.5 Å². The minimum Gasteiger partial charge on any atom is -0.472 e. The van der Waals surface area contributed by atoms with E-state index in [4.69, 9.17) is 16.3 Å². The van der Waals surface area contributed by atoms with E-state index in [0.29, 0.717) is 22.8 Å². The normalized spacial score (nSPS) is 12.4. The molecule has 0 aliphatic carbocycles. The highest BCUT2D eigenvalue weighted by Gasteiger charge is 2.73. The average molecular weight is 526 g/mol. The molecule has 0 radical (unpaired) electrons. The first-order valence-corrected chi connectivity index (χ1v) is 9.89. The summed E-state index contributed by atoms with van der Waals surface area (Å²) < 4.78 is 105. The quantitative estimate of drug-likeness (QED) is 0.370. The van der Waals surface area contributed by atoms with Gasteiger partial charge in [0, 0.05) is 28.4 Å². The van der Waals surface area contributed by atoms with E-state index in [1.807, 2.05) is 0 Å². The fourth-order valence-corrected chi connectivity index (χ4v) is 3.10. The molecule has 3 rings (SSSR count). The Morgan fingerprint density at radius 2 is 1.63 bits per heavy atom. The van der Waals surface area contributed by atoms with Crippen LogP contribution < -0.4 is 10.1 Å². The molecular weight excluding hydrogens is 511 g/mol. The molecule has 3 aromatic rings. The number of nitrogens with zero attached hydrogens (tertiary/aromatic N) is 2. The van der Waals surface area contributed by atoms with Gasteiger partial charge in [-0.2, -0.15) is 26.3 Å². The molecule has 0 spiro atoms. The van der Waals surface area contributed by atoms with E-state index in [2.05, 4.69) is 15.2 Å². The van der Waals surface area contributed by atoms with Crippen LogP contribution in [-0.4, -0.2) is 35.3 Å². The molecule has 0 atom stereocenters. The number of hydrogen-bond acceptors (Lipinski definition) is 4. The third-order valence-corrected chi connectivity index (χ3v) is 4.99. The van der Waals surface area contributed by atoms with Gasteiger partial charge in [0.1, 0.15) is 6.61 Å². The van der Waals surface area contributed by atoms with Crippen molar-refractivity contribution in [3.05, 3.63) is 70.9 Å². The monoisotopic (exact) mass is 525 g/mol. The molecule has 0 bridgehead atoms. The number of nitrogens with one attached hydrogen (secondary N) is 1. The van der Waals surface area contributed by atoms with Crippen LogP contribution in [-0.2, 0) is 17.0 Å². The molecule has 0 aliphatic rings. The Hall–Kier alpha value is -3.48. The molecule has 0 saturated carbocycles. The van der Waals surface area contributed by atoms with Crippen LogP contribution >= 0.6 is 11.6 Å². The van der Waals surface area contributed by atoms with Crippen molar-refractivity contribution in [1.82, 2.24) is 9.78 Å². The fourth-order valence-electron chi connectivity index (χ4n) is 2.97. The van der Waals surface area contributed by atoms with Crippen LogP contribution in [0, 0.1) is 0 Å². The lowest BCUT2D eigenvalue weighted by Gasteiger charge is -2.30. The molecule has 0 aliphatic heterocycles. The minimum absolute atomic E-state index is 0.0625. The van der Waals surface area contributed by atoms with Gasteiger partial charge in [-0.25, -0.2) is 13.9 Å². The molecular formula is C21H15ClF7N3O3. The summed E-state index contributed by atoms with van der Waals surface area (Å²) in [5.74, 6) is -0.0625. The van der Waals surface area contributed by atoms with E-state index >= 15 is 0 Å². The number of rotatable bonds is 6. The Bertz CT molecular complexity index is 1180. The zero-order valence-corrected chi connectivity index (χ0v) is 18.3. The molecule has 14 heteroatoms. The standard InChI is InChI=1S/C21H15ClF7N3O3/c1-34-18(33)30-16-7-2-13(19(23,20(24,25)26)21(27,28)29)10-12(16)11-35-17-8-9-32(31-17)15-5-3-14(22)4-6-15/h2-10H,11H2,1H3,(H,30,33). The maximum absolute atomic E-state index is 14.5. The van der Waals surface area contributed by atoms with Crippen molar-refractivity contribution in [2.45, 2.75) is 24.6 Å². The number of benzene rings is 2. The van der Waals surface area contributed by atoms with Crippen LogP contribution in [0.3, 0.4) is 0 Å². The zero-order valence-electron chi connectivity index (χ0n) is 17.5. The van der Waals surface area contributed by atoms with E-state index in [1.54, 1.807) is 24.3 Å². The summed E-state index contributed by atoms with van der Waals surface area (Å²) in [6.45, 7) is -0.670. The number of amides is 1. The average Bonchev–Trinajstić information content (AvgIpc) is 3.25. The molecule has 35 heavy (non-hydrogen) atoms. The third kappa shape index (κ3) is 5.45. The highest BCUT2D eigenvalue weighted by Crippen LogP contribution is 2.53.